The zero-order valence-electron chi connectivity index (χ0n) is 15.2. The van der Waals surface area contributed by atoms with E-state index in [-0.39, 0.29) is 17.7 Å². The molecule has 0 radical (unpaired) electrons. The molecule has 5 nitrogen and oxygen atoms in total. The summed E-state index contributed by atoms with van der Waals surface area (Å²) in [5, 5.41) is 1.24. The molecule has 1 atom stereocenters. The van der Waals surface area contributed by atoms with Crippen molar-refractivity contribution in [3.8, 4) is 5.75 Å². The Morgan fingerprint density at radius 2 is 1.54 bits per heavy atom. The van der Waals surface area contributed by atoms with Gasteiger partial charge in [0.2, 0.25) is 5.91 Å². The van der Waals surface area contributed by atoms with Crippen LogP contribution in [0.2, 0.25) is 10.0 Å². The van der Waals surface area contributed by atoms with Gasteiger partial charge in [0.1, 0.15) is 12.4 Å². The summed E-state index contributed by atoms with van der Waals surface area (Å²) < 4.78 is 5.75. The summed E-state index contributed by atoms with van der Waals surface area (Å²) in [6.07, 6.45) is 0.624. The Morgan fingerprint density at radius 3 is 2.25 bits per heavy atom. The number of hydrogen-bond donors (Lipinski definition) is 0. The van der Waals surface area contributed by atoms with Gasteiger partial charge in [-0.05, 0) is 54.4 Å². The van der Waals surface area contributed by atoms with Crippen molar-refractivity contribution in [2.45, 2.75) is 6.42 Å². The lowest BCUT2D eigenvalue weighted by Crippen LogP contribution is -2.53. The summed E-state index contributed by atoms with van der Waals surface area (Å²) in [6.45, 7) is 2.46. The van der Waals surface area contributed by atoms with E-state index in [0.717, 1.165) is 11.3 Å². The molecular formula is C21H20Cl2N2O3. The summed E-state index contributed by atoms with van der Waals surface area (Å²) in [5.74, 6) is 0.619. The average molecular weight is 419 g/mol. The summed E-state index contributed by atoms with van der Waals surface area (Å²) in [5.41, 5.74) is 1.58. The van der Waals surface area contributed by atoms with Gasteiger partial charge in [-0.2, -0.15) is 0 Å². The van der Waals surface area contributed by atoms with Crippen molar-refractivity contribution in [2.24, 2.45) is 5.92 Å². The Labute approximate surface area is 173 Å². The van der Waals surface area contributed by atoms with Crippen molar-refractivity contribution >= 4 is 35.0 Å². The molecule has 4 rings (SSSR count). The molecule has 0 spiro atoms. The van der Waals surface area contributed by atoms with Crippen LogP contribution in [0.25, 0.3) is 0 Å². The second kappa shape index (κ2) is 8.02. The molecule has 0 bridgehead atoms. The molecule has 0 aliphatic carbocycles. The summed E-state index contributed by atoms with van der Waals surface area (Å²) in [7, 11) is 0. The second-order valence-electron chi connectivity index (χ2n) is 7.09. The van der Waals surface area contributed by atoms with Crippen LogP contribution >= 0.6 is 23.2 Å². The molecule has 2 aliphatic heterocycles. The average Bonchev–Trinajstić information content (AvgIpc) is 2.73. The topological polar surface area (TPSA) is 49.9 Å². The van der Waals surface area contributed by atoms with Crippen molar-refractivity contribution in [3.63, 3.8) is 0 Å². The van der Waals surface area contributed by atoms with E-state index in [0.29, 0.717) is 54.8 Å². The van der Waals surface area contributed by atoms with E-state index in [9.17, 15) is 9.59 Å². The maximum absolute atomic E-state index is 12.9. The van der Waals surface area contributed by atoms with E-state index in [4.69, 9.17) is 27.9 Å². The predicted molar refractivity (Wildman–Crippen MR) is 108 cm³/mol. The first-order chi connectivity index (χ1) is 13.5. The molecule has 0 N–H and O–H groups in total. The largest absolute Gasteiger partial charge is 0.492 e. The summed E-state index contributed by atoms with van der Waals surface area (Å²) >= 11 is 11.9. The molecule has 2 heterocycles. The van der Waals surface area contributed by atoms with Crippen LogP contribution in [0.3, 0.4) is 0 Å². The second-order valence-corrected chi connectivity index (χ2v) is 7.96. The Kier molecular flexibility index (Phi) is 5.47. The SMILES string of the molecule is O=C(c1ccc(Cl)cc1)N1CCN(C(=O)C2COc3ccc(Cl)cc3C2)CC1. The minimum absolute atomic E-state index is 0.0339. The zero-order chi connectivity index (χ0) is 19.7. The maximum Gasteiger partial charge on any atom is 0.253 e. The molecule has 7 heteroatoms. The van der Waals surface area contributed by atoms with Gasteiger partial charge in [0, 0.05) is 41.8 Å². The van der Waals surface area contributed by atoms with Gasteiger partial charge < -0.3 is 14.5 Å². The first kappa shape index (κ1) is 19.1. The molecule has 0 saturated carbocycles. The number of rotatable bonds is 2. The highest BCUT2D eigenvalue weighted by Gasteiger charge is 2.32. The van der Waals surface area contributed by atoms with E-state index >= 15 is 0 Å². The van der Waals surface area contributed by atoms with E-state index in [1.807, 2.05) is 17.0 Å². The van der Waals surface area contributed by atoms with Crippen molar-refractivity contribution in [2.75, 3.05) is 32.8 Å². The fraction of sp³-hybridized carbons (Fsp3) is 0.333. The van der Waals surface area contributed by atoms with E-state index < -0.39 is 0 Å². The number of nitrogens with zero attached hydrogens (tertiary/aromatic N) is 2. The Bertz CT molecular complexity index is 893. The van der Waals surface area contributed by atoms with Gasteiger partial charge in [-0.3, -0.25) is 9.59 Å². The molecular weight excluding hydrogens is 399 g/mol. The number of carbonyl (C=O) groups excluding carboxylic acids is 2. The number of fused-ring (bicyclic) bond motifs is 1. The van der Waals surface area contributed by atoms with Gasteiger partial charge in [-0.15, -0.1) is 0 Å². The van der Waals surface area contributed by atoms with Gasteiger partial charge in [0.05, 0.1) is 5.92 Å². The summed E-state index contributed by atoms with van der Waals surface area (Å²) in [4.78, 5) is 29.1. The Balaban J connectivity index is 1.35. The van der Waals surface area contributed by atoms with Gasteiger partial charge in [0.15, 0.2) is 0 Å². The molecule has 2 aliphatic rings. The van der Waals surface area contributed by atoms with Crippen molar-refractivity contribution < 1.29 is 14.3 Å². The van der Waals surface area contributed by atoms with Crippen LogP contribution in [-0.2, 0) is 11.2 Å². The fourth-order valence-electron chi connectivity index (χ4n) is 3.68. The number of piperazine rings is 1. The van der Waals surface area contributed by atoms with Crippen LogP contribution in [0.15, 0.2) is 42.5 Å². The highest BCUT2D eigenvalue weighted by Crippen LogP contribution is 2.30. The van der Waals surface area contributed by atoms with E-state index in [1.165, 1.54) is 0 Å². The van der Waals surface area contributed by atoms with Crippen LogP contribution in [0.4, 0.5) is 0 Å². The number of amides is 2. The monoisotopic (exact) mass is 418 g/mol. The molecule has 1 saturated heterocycles. The minimum Gasteiger partial charge on any atom is -0.492 e. The minimum atomic E-state index is -0.218. The normalized spacial score (nSPS) is 19.0. The number of halogens is 2. The van der Waals surface area contributed by atoms with Crippen LogP contribution in [0.5, 0.6) is 5.75 Å². The predicted octanol–water partition coefficient (Wildman–Crippen LogP) is 3.53. The van der Waals surface area contributed by atoms with Crippen molar-refractivity contribution in [1.82, 2.24) is 9.80 Å². The summed E-state index contributed by atoms with van der Waals surface area (Å²) in [6, 6.07) is 12.4. The zero-order valence-corrected chi connectivity index (χ0v) is 16.7. The van der Waals surface area contributed by atoms with E-state index in [2.05, 4.69) is 0 Å². The molecule has 1 unspecified atom stereocenters. The number of hydrogen-bond acceptors (Lipinski definition) is 3. The highest BCUT2D eigenvalue weighted by molar-refractivity contribution is 6.31. The third-order valence-electron chi connectivity index (χ3n) is 5.25. The van der Waals surface area contributed by atoms with Crippen LogP contribution < -0.4 is 4.74 Å². The quantitative estimate of drug-likeness (QED) is 0.749. The lowest BCUT2D eigenvalue weighted by atomic mass is 9.95. The Hall–Kier alpha value is -2.24. The fourth-order valence-corrected chi connectivity index (χ4v) is 4.01. The standard InChI is InChI=1S/C21H20Cl2N2O3/c22-17-3-1-14(2-4-17)20(26)24-7-9-25(10-8-24)21(27)16-11-15-12-18(23)5-6-19(15)28-13-16/h1-6,12,16H,7-11,13H2. The third kappa shape index (κ3) is 3.96. The number of carbonyl (C=O) groups is 2. The molecule has 2 aromatic carbocycles. The number of ether oxygens (including phenoxy) is 1. The van der Waals surface area contributed by atoms with Gasteiger partial charge in [-0.25, -0.2) is 0 Å². The maximum atomic E-state index is 12.9. The van der Waals surface area contributed by atoms with Gasteiger partial charge in [0.25, 0.3) is 5.91 Å². The molecule has 1 fully saturated rings. The van der Waals surface area contributed by atoms with Crippen molar-refractivity contribution in [1.29, 1.82) is 0 Å². The Morgan fingerprint density at radius 1 is 0.893 bits per heavy atom. The molecule has 2 aromatic rings. The van der Waals surface area contributed by atoms with Gasteiger partial charge in [-0.1, -0.05) is 23.2 Å². The van der Waals surface area contributed by atoms with Crippen LogP contribution in [0, 0.1) is 5.92 Å². The molecule has 146 valence electrons. The lowest BCUT2D eigenvalue weighted by Gasteiger charge is -2.37. The number of benzene rings is 2. The molecule has 0 aromatic heterocycles. The molecule has 28 heavy (non-hydrogen) atoms. The van der Waals surface area contributed by atoms with Crippen molar-refractivity contribution in [3.05, 3.63) is 63.6 Å². The smallest absolute Gasteiger partial charge is 0.253 e. The van der Waals surface area contributed by atoms with Crippen LogP contribution in [0.1, 0.15) is 15.9 Å². The highest BCUT2D eigenvalue weighted by atomic mass is 35.5. The van der Waals surface area contributed by atoms with E-state index in [1.54, 1.807) is 35.2 Å². The first-order valence-electron chi connectivity index (χ1n) is 9.26. The van der Waals surface area contributed by atoms with Crippen LogP contribution in [-0.4, -0.2) is 54.4 Å². The third-order valence-corrected chi connectivity index (χ3v) is 5.73. The van der Waals surface area contributed by atoms with Gasteiger partial charge >= 0.3 is 0 Å². The molecule has 2 amide bonds. The first-order valence-corrected chi connectivity index (χ1v) is 10.0. The lowest BCUT2D eigenvalue weighted by molar-refractivity contribution is -0.138.